The Morgan fingerprint density at radius 1 is 1.54 bits per heavy atom. The van der Waals surface area contributed by atoms with Crippen molar-refractivity contribution in [3.05, 3.63) is 21.3 Å². The fraction of sp³-hybridized carbons (Fsp3) is 0.600. The zero-order valence-corrected chi connectivity index (χ0v) is 9.50. The zero-order valence-electron chi connectivity index (χ0n) is 7.93. The summed E-state index contributed by atoms with van der Waals surface area (Å²) in [4.78, 5) is 1.35. The van der Waals surface area contributed by atoms with Gasteiger partial charge < -0.3 is 5.73 Å². The number of halogens is 1. The summed E-state index contributed by atoms with van der Waals surface area (Å²) in [6.45, 7) is 5.28. The van der Waals surface area contributed by atoms with E-state index in [0.717, 1.165) is 10.9 Å². The lowest BCUT2D eigenvalue weighted by atomic mass is 9.94. The van der Waals surface area contributed by atoms with Crippen molar-refractivity contribution in [3.63, 3.8) is 0 Å². The summed E-state index contributed by atoms with van der Waals surface area (Å²) in [5.74, 6) is 0. The maximum Gasteiger partial charge on any atom is 0.0931 e. The number of hydrogen-bond acceptors (Lipinski definition) is 2. The van der Waals surface area contributed by atoms with E-state index in [1.165, 1.54) is 11.3 Å². The van der Waals surface area contributed by atoms with Crippen LogP contribution in [0.15, 0.2) is 12.1 Å². The van der Waals surface area contributed by atoms with E-state index in [-0.39, 0.29) is 5.41 Å². The van der Waals surface area contributed by atoms with Crippen LogP contribution in [0.5, 0.6) is 0 Å². The van der Waals surface area contributed by atoms with Crippen molar-refractivity contribution in [2.75, 3.05) is 6.54 Å². The van der Waals surface area contributed by atoms with Gasteiger partial charge in [-0.15, -0.1) is 11.3 Å². The molecule has 1 aliphatic rings. The SMILES string of the molecule is CC1(C)CC1(CN)c1ccc(Cl)s1. The van der Waals surface area contributed by atoms with Crippen LogP contribution in [-0.4, -0.2) is 6.54 Å². The van der Waals surface area contributed by atoms with Gasteiger partial charge in [-0.1, -0.05) is 25.4 Å². The highest BCUT2D eigenvalue weighted by molar-refractivity contribution is 7.16. The van der Waals surface area contributed by atoms with Gasteiger partial charge in [0.15, 0.2) is 0 Å². The van der Waals surface area contributed by atoms with Crippen molar-refractivity contribution in [1.82, 2.24) is 0 Å². The summed E-state index contributed by atoms with van der Waals surface area (Å²) in [7, 11) is 0. The van der Waals surface area contributed by atoms with Crippen LogP contribution in [0.25, 0.3) is 0 Å². The third-order valence-electron chi connectivity index (χ3n) is 3.31. The van der Waals surface area contributed by atoms with E-state index in [1.807, 2.05) is 6.07 Å². The fourth-order valence-corrected chi connectivity index (χ4v) is 3.57. The van der Waals surface area contributed by atoms with Crippen LogP contribution < -0.4 is 5.73 Å². The van der Waals surface area contributed by atoms with E-state index >= 15 is 0 Å². The molecule has 1 fully saturated rings. The minimum absolute atomic E-state index is 0.213. The van der Waals surface area contributed by atoms with Crippen LogP contribution >= 0.6 is 22.9 Å². The Labute approximate surface area is 87.9 Å². The Morgan fingerprint density at radius 2 is 2.15 bits per heavy atom. The first-order valence-corrected chi connectivity index (χ1v) is 5.67. The second kappa shape index (κ2) is 2.72. The zero-order chi connectivity index (χ0) is 9.69. The highest BCUT2D eigenvalue weighted by Gasteiger charge is 2.61. The summed E-state index contributed by atoms with van der Waals surface area (Å²) in [6, 6.07) is 4.09. The smallest absolute Gasteiger partial charge is 0.0931 e. The molecule has 1 aromatic rings. The van der Waals surface area contributed by atoms with E-state index in [2.05, 4.69) is 19.9 Å². The molecular formula is C10H14ClNS. The third-order valence-corrected chi connectivity index (χ3v) is 4.74. The van der Waals surface area contributed by atoms with Gasteiger partial charge in [-0.2, -0.15) is 0 Å². The normalized spacial score (nSPS) is 30.5. The lowest BCUT2D eigenvalue weighted by Crippen LogP contribution is -2.24. The average molecular weight is 216 g/mol. The van der Waals surface area contributed by atoms with Crippen LogP contribution in [0.4, 0.5) is 0 Å². The lowest BCUT2D eigenvalue weighted by Gasteiger charge is -2.16. The quantitative estimate of drug-likeness (QED) is 0.807. The summed E-state index contributed by atoms with van der Waals surface area (Å²) in [5, 5.41) is 0. The van der Waals surface area contributed by atoms with Crippen LogP contribution in [0.1, 0.15) is 25.1 Å². The van der Waals surface area contributed by atoms with Gasteiger partial charge in [0.2, 0.25) is 0 Å². The van der Waals surface area contributed by atoms with E-state index in [0.29, 0.717) is 5.41 Å². The Kier molecular flexibility index (Phi) is 1.99. The molecule has 72 valence electrons. The molecule has 3 heteroatoms. The second-order valence-corrected chi connectivity index (χ2v) is 6.17. The van der Waals surface area contributed by atoms with Gasteiger partial charge in [-0.25, -0.2) is 0 Å². The minimum atomic E-state index is 0.213. The number of thiophene rings is 1. The topological polar surface area (TPSA) is 26.0 Å². The first-order chi connectivity index (χ1) is 6.02. The monoisotopic (exact) mass is 215 g/mol. The molecule has 0 bridgehead atoms. The van der Waals surface area contributed by atoms with Gasteiger partial charge in [0.25, 0.3) is 0 Å². The molecule has 1 aliphatic carbocycles. The van der Waals surface area contributed by atoms with E-state index in [4.69, 9.17) is 17.3 Å². The fourth-order valence-electron chi connectivity index (χ4n) is 2.15. The largest absolute Gasteiger partial charge is 0.330 e. The van der Waals surface area contributed by atoms with Crippen LogP contribution in [0, 0.1) is 5.41 Å². The Balaban J connectivity index is 2.35. The van der Waals surface area contributed by atoms with Gasteiger partial charge in [0.1, 0.15) is 0 Å². The Morgan fingerprint density at radius 3 is 2.46 bits per heavy atom. The van der Waals surface area contributed by atoms with E-state index < -0.39 is 0 Å². The molecule has 13 heavy (non-hydrogen) atoms. The standard InChI is InChI=1S/C10H14ClNS/c1-9(2)5-10(9,6-12)7-3-4-8(11)13-7/h3-4H,5-6,12H2,1-2H3. The molecule has 0 amide bonds. The molecule has 2 N–H and O–H groups in total. The first kappa shape index (κ1) is 9.50. The molecule has 0 radical (unpaired) electrons. The van der Waals surface area contributed by atoms with Gasteiger partial charge in [0.05, 0.1) is 4.34 Å². The van der Waals surface area contributed by atoms with Gasteiger partial charge >= 0.3 is 0 Å². The van der Waals surface area contributed by atoms with Gasteiger partial charge in [-0.3, -0.25) is 0 Å². The maximum absolute atomic E-state index is 5.92. The molecule has 0 aliphatic heterocycles. The van der Waals surface area contributed by atoms with Crippen molar-refractivity contribution >= 4 is 22.9 Å². The highest BCUT2D eigenvalue weighted by atomic mass is 35.5. The summed E-state index contributed by atoms with van der Waals surface area (Å²) in [5.41, 5.74) is 6.42. The maximum atomic E-state index is 5.92. The van der Waals surface area contributed by atoms with Gasteiger partial charge in [0, 0.05) is 16.8 Å². The lowest BCUT2D eigenvalue weighted by molar-refractivity contribution is 0.509. The van der Waals surface area contributed by atoms with Gasteiger partial charge in [-0.05, 0) is 24.0 Å². The predicted molar refractivity (Wildman–Crippen MR) is 58.5 cm³/mol. The first-order valence-electron chi connectivity index (χ1n) is 4.48. The number of rotatable bonds is 2. The van der Waals surface area contributed by atoms with Crippen molar-refractivity contribution in [2.24, 2.45) is 11.1 Å². The molecule has 0 aromatic carbocycles. The van der Waals surface area contributed by atoms with Crippen molar-refractivity contribution in [3.8, 4) is 0 Å². The molecule has 1 unspecified atom stereocenters. The van der Waals surface area contributed by atoms with Crippen molar-refractivity contribution in [2.45, 2.75) is 25.7 Å². The summed E-state index contributed by atoms with van der Waals surface area (Å²) < 4.78 is 0.866. The minimum Gasteiger partial charge on any atom is -0.330 e. The van der Waals surface area contributed by atoms with E-state index in [9.17, 15) is 0 Å². The van der Waals surface area contributed by atoms with E-state index in [1.54, 1.807) is 11.3 Å². The Hall–Kier alpha value is -0.0500. The molecule has 1 heterocycles. The molecule has 2 rings (SSSR count). The molecule has 1 saturated carbocycles. The second-order valence-electron chi connectivity index (χ2n) is 4.45. The average Bonchev–Trinajstić information content (AvgIpc) is 2.43. The molecule has 1 atom stereocenters. The number of hydrogen-bond donors (Lipinski definition) is 1. The predicted octanol–water partition coefficient (Wildman–Crippen LogP) is 3.03. The molecule has 1 aromatic heterocycles. The molecule has 1 nitrogen and oxygen atoms in total. The summed E-state index contributed by atoms with van der Waals surface area (Å²) >= 11 is 7.59. The summed E-state index contributed by atoms with van der Waals surface area (Å²) in [6.07, 6.45) is 1.19. The van der Waals surface area contributed by atoms with Crippen LogP contribution in [-0.2, 0) is 5.41 Å². The van der Waals surface area contributed by atoms with Crippen molar-refractivity contribution in [1.29, 1.82) is 0 Å². The van der Waals surface area contributed by atoms with Crippen LogP contribution in [0.3, 0.4) is 0 Å². The third kappa shape index (κ3) is 1.24. The molecule has 0 saturated heterocycles. The molecule has 0 spiro atoms. The van der Waals surface area contributed by atoms with Crippen LogP contribution in [0.2, 0.25) is 4.34 Å². The molecular weight excluding hydrogens is 202 g/mol. The number of nitrogens with two attached hydrogens (primary N) is 1. The highest BCUT2D eigenvalue weighted by Crippen LogP contribution is 2.64. The van der Waals surface area contributed by atoms with Crippen molar-refractivity contribution < 1.29 is 0 Å². The Bertz CT molecular complexity index is 331.